The van der Waals surface area contributed by atoms with Crippen LogP contribution in [-0.2, 0) is 8.85 Å². The van der Waals surface area contributed by atoms with Crippen molar-refractivity contribution in [3.63, 3.8) is 0 Å². The molecular weight excluding hydrogens is 347 g/mol. The molecular formula is C6H6Br2N4Ni. The van der Waals surface area contributed by atoms with Crippen LogP contribution in [-0.4, -0.2) is 19.9 Å². The van der Waals surface area contributed by atoms with E-state index in [4.69, 9.17) is 0 Å². The van der Waals surface area contributed by atoms with Crippen molar-refractivity contribution in [2.24, 2.45) is 0 Å². The molecule has 0 aromatic carbocycles. The summed E-state index contributed by atoms with van der Waals surface area (Å²) in [6, 6.07) is 0. The van der Waals surface area contributed by atoms with Crippen molar-refractivity contribution in [1.82, 2.24) is 19.9 Å². The number of halogens is 2. The minimum atomic E-state index is -1.57. The molecule has 0 bridgehead atoms. The summed E-state index contributed by atoms with van der Waals surface area (Å²) < 4.78 is 0. The second-order valence-corrected chi connectivity index (χ2v) is 13.1. The van der Waals surface area contributed by atoms with Crippen molar-refractivity contribution in [2.75, 3.05) is 0 Å². The molecule has 7 heteroatoms. The second kappa shape index (κ2) is 3.55. The summed E-state index contributed by atoms with van der Waals surface area (Å²) in [7, 11) is -1.57. The van der Waals surface area contributed by atoms with Crippen LogP contribution in [0.2, 0.25) is 0 Å². The summed E-state index contributed by atoms with van der Waals surface area (Å²) in [6.07, 6.45) is 6.99. The van der Waals surface area contributed by atoms with Crippen molar-refractivity contribution in [3.05, 3.63) is 24.8 Å². The summed E-state index contributed by atoms with van der Waals surface area (Å²) >= 11 is 7.16. The van der Waals surface area contributed by atoms with Gasteiger partial charge in [-0.3, -0.25) is 0 Å². The number of nitrogens with one attached hydrogen (secondary N) is 2. The summed E-state index contributed by atoms with van der Waals surface area (Å²) in [6.45, 7) is 0. The van der Waals surface area contributed by atoms with Crippen molar-refractivity contribution in [2.45, 2.75) is 0 Å². The zero-order valence-electron chi connectivity index (χ0n) is 6.28. The van der Waals surface area contributed by atoms with Crippen molar-refractivity contribution >= 4 is 38.0 Å². The number of imidazole rings is 2. The SMILES string of the molecule is [Br][Ni]([Br])([c]1ncc[nH]1)[c]1ncc[nH]1. The van der Waals surface area contributed by atoms with Gasteiger partial charge in [0, 0.05) is 0 Å². The monoisotopic (exact) mass is 350 g/mol. The topological polar surface area (TPSA) is 57.4 Å². The number of nitrogens with zero attached hydrogens (tertiary/aromatic N) is 2. The van der Waals surface area contributed by atoms with Gasteiger partial charge in [0.1, 0.15) is 0 Å². The van der Waals surface area contributed by atoms with Gasteiger partial charge in [-0.1, -0.05) is 0 Å². The Labute approximate surface area is 91.2 Å². The van der Waals surface area contributed by atoms with Crippen molar-refractivity contribution in [1.29, 1.82) is 0 Å². The van der Waals surface area contributed by atoms with Crippen molar-refractivity contribution < 1.29 is 8.85 Å². The molecule has 2 aromatic heterocycles. The van der Waals surface area contributed by atoms with Crippen LogP contribution in [0.5, 0.6) is 0 Å². The molecule has 0 saturated carbocycles. The van der Waals surface area contributed by atoms with Crippen LogP contribution in [0.25, 0.3) is 0 Å². The molecule has 2 heterocycles. The molecule has 74 valence electrons. The van der Waals surface area contributed by atoms with E-state index in [0.29, 0.717) is 0 Å². The zero-order valence-corrected chi connectivity index (χ0v) is 10.4. The first-order chi connectivity index (χ1) is 6.21. The molecule has 0 radical (unpaired) electrons. The Morgan fingerprint density at radius 2 is 1.46 bits per heavy atom. The van der Waals surface area contributed by atoms with E-state index in [1.807, 2.05) is 0 Å². The van der Waals surface area contributed by atoms with Crippen LogP contribution in [0.1, 0.15) is 0 Å². The first-order valence-corrected chi connectivity index (χ1v) is 9.13. The van der Waals surface area contributed by atoms with Crippen LogP contribution >= 0.6 is 28.5 Å². The van der Waals surface area contributed by atoms with E-state index >= 15 is 0 Å². The second-order valence-electron chi connectivity index (χ2n) is 2.06. The molecule has 0 saturated heterocycles. The maximum atomic E-state index is 4.18. The Balaban J connectivity index is 2.42. The van der Waals surface area contributed by atoms with Crippen LogP contribution in [0, 0.1) is 0 Å². The average molecular weight is 353 g/mol. The molecule has 13 heavy (non-hydrogen) atoms. The molecule has 0 fully saturated rings. The normalized spacial score (nSPS) is 13.1. The maximum absolute atomic E-state index is 4.18. The fourth-order valence-electron chi connectivity index (χ4n) is 0.761. The number of aromatic nitrogens is 4. The summed E-state index contributed by atoms with van der Waals surface area (Å²) in [5.41, 5.74) is 0. The predicted octanol–water partition coefficient (Wildman–Crippen LogP) is 0.857. The van der Waals surface area contributed by atoms with Gasteiger partial charge in [-0.2, -0.15) is 0 Å². The molecule has 0 unspecified atom stereocenters. The molecule has 0 spiro atoms. The summed E-state index contributed by atoms with van der Waals surface area (Å²) in [5.74, 6) is 0. The number of hydrogen-bond acceptors (Lipinski definition) is 2. The molecule has 0 aliphatic rings. The van der Waals surface area contributed by atoms with E-state index in [-0.39, 0.29) is 0 Å². The van der Waals surface area contributed by atoms with Gasteiger partial charge in [0.15, 0.2) is 0 Å². The van der Waals surface area contributed by atoms with Crippen LogP contribution in [0.3, 0.4) is 0 Å². The number of rotatable bonds is 2. The number of H-pyrrole nitrogens is 2. The predicted molar refractivity (Wildman–Crippen MR) is 54.3 cm³/mol. The van der Waals surface area contributed by atoms with Gasteiger partial charge in [-0.05, 0) is 0 Å². The van der Waals surface area contributed by atoms with E-state index in [2.05, 4.69) is 48.4 Å². The summed E-state index contributed by atoms with van der Waals surface area (Å²) in [5, 5.41) is 0. The van der Waals surface area contributed by atoms with Gasteiger partial charge in [0.05, 0.1) is 0 Å². The number of hydrogen-bond donors (Lipinski definition) is 2. The van der Waals surface area contributed by atoms with Gasteiger partial charge >= 0.3 is 91.6 Å². The Morgan fingerprint density at radius 1 is 1.00 bits per heavy atom. The Hall–Kier alpha value is -0.126. The third kappa shape index (κ3) is 1.73. The van der Waals surface area contributed by atoms with Gasteiger partial charge < -0.3 is 0 Å². The van der Waals surface area contributed by atoms with Crippen LogP contribution in [0.4, 0.5) is 0 Å². The quantitative estimate of drug-likeness (QED) is 0.788. The minimum absolute atomic E-state index is 0.846. The molecule has 0 atom stereocenters. The molecule has 2 N–H and O–H groups in total. The molecule has 2 rings (SSSR count). The van der Waals surface area contributed by atoms with Crippen molar-refractivity contribution in [3.8, 4) is 0 Å². The third-order valence-electron chi connectivity index (χ3n) is 1.27. The Morgan fingerprint density at radius 3 is 1.77 bits per heavy atom. The first-order valence-electron chi connectivity index (χ1n) is 3.26. The van der Waals surface area contributed by atoms with E-state index in [1.165, 1.54) is 0 Å². The Bertz CT molecular complexity index is 333. The molecule has 0 aliphatic carbocycles. The van der Waals surface area contributed by atoms with Crippen LogP contribution < -0.4 is 9.59 Å². The van der Waals surface area contributed by atoms with Gasteiger partial charge in [-0.15, -0.1) is 0 Å². The molecule has 2 aromatic rings. The molecule has 4 nitrogen and oxygen atoms in total. The fraction of sp³-hybridized carbons (Fsp3) is 0. The van der Waals surface area contributed by atoms with E-state index in [0.717, 1.165) is 9.59 Å². The van der Waals surface area contributed by atoms with Gasteiger partial charge in [0.25, 0.3) is 0 Å². The van der Waals surface area contributed by atoms with E-state index in [1.54, 1.807) is 24.8 Å². The van der Waals surface area contributed by atoms with E-state index in [9.17, 15) is 0 Å². The Kier molecular flexibility index (Phi) is 2.58. The first kappa shape index (κ1) is 9.43. The van der Waals surface area contributed by atoms with E-state index < -0.39 is 8.85 Å². The van der Waals surface area contributed by atoms with Crippen LogP contribution in [0.15, 0.2) is 24.8 Å². The van der Waals surface area contributed by atoms with Gasteiger partial charge in [0.2, 0.25) is 0 Å². The average Bonchev–Trinajstić information content (AvgIpc) is 2.78. The molecule has 0 aliphatic heterocycles. The third-order valence-corrected chi connectivity index (χ3v) is 6.90. The standard InChI is InChI=1S/2C3H3N2.2BrH.Ni/c2*1-2-5-3-4-1;;;/h2*1-2H,(H,4,5);2*1H;/q;;;;+2/p-2. The zero-order chi connectivity index (χ0) is 9.31. The fourth-order valence-corrected chi connectivity index (χ4v) is 4.23. The van der Waals surface area contributed by atoms with Gasteiger partial charge in [-0.25, -0.2) is 0 Å². The number of aromatic amines is 2. The molecule has 0 amide bonds. The summed E-state index contributed by atoms with van der Waals surface area (Å²) in [4.78, 5) is 16.1.